The van der Waals surface area contributed by atoms with Crippen LogP contribution in [0.2, 0.25) is 0 Å². The molecule has 2 rings (SSSR count). The van der Waals surface area contributed by atoms with Crippen molar-refractivity contribution in [1.29, 1.82) is 0 Å². The number of likely N-dealkylation sites (tertiary alicyclic amines) is 1. The minimum Gasteiger partial charge on any atom is -0.391 e. The summed E-state index contributed by atoms with van der Waals surface area (Å²) in [6, 6.07) is 8.35. The van der Waals surface area contributed by atoms with Gasteiger partial charge in [-0.15, -0.1) is 0 Å². The van der Waals surface area contributed by atoms with Gasteiger partial charge in [0.15, 0.2) is 0 Å². The van der Waals surface area contributed by atoms with Gasteiger partial charge >= 0.3 is 0 Å². The summed E-state index contributed by atoms with van der Waals surface area (Å²) in [6.07, 6.45) is 4.35. The van der Waals surface area contributed by atoms with Gasteiger partial charge in [0.25, 0.3) is 0 Å². The van der Waals surface area contributed by atoms with Crippen LogP contribution < -0.4 is 0 Å². The Balaban J connectivity index is 1.87. The molecule has 3 heteroatoms. The average molecular weight is 261 g/mol. The van der Waals surface area contributed by atoms with Gasteiger partial charge in [0, 0.05) is 13.1 Å². The second kappa shape index (κ2) is 6.71. The van der Waals surface area contributed by atoms with Crippen LogP contribution in [0.1, 0.15) is 37.3 Å². The number of carbonyl (C=O) groups excluding carboxylic acids is 1. The van der Waals surface area contributed by atoms with Gasteiger partial charge in [0.05, 0.1) is 12.5 Å². The standard InChI is InChI=1S/C16H23NO2/c1-2-3-4-13-5-7-14(8-6-13)11-16(19)17-10-9-15(18)12-17/h5-8,15,18H,2-4,9-12H2,1H3. The van der Waals surface area contributed by atoms with Crippen molar-refractivity contribution < 1.29 is 9.90 Å². The van der Waals surface area contributed by atoms with Crippen LogP contribution in [0, 0.1) is 0 Å². The van der Waals surface area contributed by atoms with Gasteiger partial charge in [-0.2, -0.15) is 0 Å². The monoisotopic (exact) mass is 261 g/mol. The molecule has 1 atom stereocenters. The number of aryl methyl sites for hydroxylation is 1. The van der Waals surface area contributed by atoms with Crippen molar-refractivity contribution in [2.24, 2.45) is 0 Å². The summed E-state index contributed by atoms with van der Waals surface area (Å²) >= 11 is 0. The second-order valence-electron chi connectivity index (χ2n) is 5.38. The first kappa shape index (κ1) is 14.1. The van der Waals surface area contributed by atoms with Gasteiger partial charge in [-0.25, -0.2) is 0 Å². The third-order valence-electron chi connectivity index (χ3n) is 3.71. The lowest BCUT2D eigenvalue weighted by Gasteiger charge is -2.15. The van der Waals surface area contributed by atoms with Crippen LogP contribution in [0.15, 0.2) is 24.3 Å². The number of hydrogen-bond donors (Lipinski definition) is 1. The highest BCUT2D eigenvalue weighted by Crippen LogP contribution is 2.13. The largest absolute Gasteiger partial charge is 0.391 e. The first-order valence-electron chi connectivity index (χ1n) is 7.22. The van der Waals surface area contributed by atoms with E-state index in [1.807, 2.05) is 0 Å². The fourth-order valence-electron chi connectivity index (χ4n) is 2.46. The summed E-state index contributed by atoms with van der Waals surface area (Å²) < 4.78 is 0. The van der Waals surface area contributed by atoms with Crippen molar-refractivity contribution in [3.05, 3.63) is 35.4 Å². The lowest BCUT2D eigenvalue weighted by atomic mass is 10.0. The molecule has 0 bridgehead atoms. The number of hydrogen-bond acceptors (Lipinski definition) is 2. The number of nitrogens with zero attached hydrogens (tertiary/aromatic N) is 1. The zero-order valence-electron chi connectivity index (χ0n) is 11.6. The summed E-state index contributed by atoms with van der Waals surface area (Å²) in [5, 5.41) is 9.44. The molecule has 1 unspecified atom stereocenters. The molecule has 1 aromatic rings. The van der Waals surface area contributed by atoms with E-state index in [2.05, 4.69) is 31.2 Å². The quantitative estimate of drug-likeness (QED) is 0.882. The third-order valence-corrected chi connectivity index (χ3v) is 3.71. The minimum absolute atomic E-state index is 0.123. The Labute approximate surface area is 115 Å². The zero-order valence-corrected chi connectivity index (χ0v) is 11.6. The molecule has 1 aliphatic rings. The van der Waals surface area contributed by atoms with E-state index in [-0.39, 0.29) is 12.0 Å². The van der Waals surface area contributed by atoms with Crippen molar-refractivity contribution in [2.75, 3.05) is 13.1 Å². The lowest BCUT2D eigenvalue weighted by Crippen LogP contribution is -2.30. The van der Waals surface area contributed by atoms with Gasteiger partial charge in [0.1, 0.15) is 0 Å². The highest BCUT2D eigenvalue weighted by Gasteiger charge is 2.24. The number of aliphatic hydroxyl groups excluding tert-OH is 1. The predicted molar refractivity (Wildman–Crippen MR) is 76.0 cm³/mol. The molecule has 0 saturated carbocycles. The molecule has 104 valence electrons. The molecular weight excluding hydrogens is 238 g/mol. The molecule has 0 aromatic heterocycles. The van der Waals surface area contributed by atoms with Crippen LogP contribution in [0.4, 0.5) is 0 Å². The minimum atomic E-state index is -0.333. The van der Waals surface area contributed by atoms with Crippen molar-refractivity contribution in [2.45, 2.75) is 45.1 Å². The average Bonchev–Trinajstić information content (AvgIpc) is 2.85. The number of carbonyl (C=O) groups is 1. The Morgan fingerprint density at radius 2 is 2.00 bits per heavy atom. The lowest BCUT2D eigenvalue weighted by molar-refractivity contribution is -0.129. The summed E-state index contributed by atoms with van der Waals surface area (Å²) in [5.41, 5.74) is 2.40. The van der Waals surface area contributed by atoms with Crippen molar-refractivity contribution in [3.63, 3.8) is 0 Å². The van der Waals surface area contributed by atoms with Crippen LogP contribution in [0.5, 0.6) is 0 Å². The highest BCUT2D eigenvalue weighted by atomic mass is 16.3. The van der Waals surface area contributed by atoms with E-state index in [0.717, 1.165) is 12.0 Å². The van der Waals surface area contributed by atoms with Gasteiger partial charge in [-0.05, 0) is 30.4 Å². The molecule has 1 saturated heterocycles. The van der Waals surface area contributed by atoms with Crippen molar-refractivity contribution in [3.8, 4) is 0 Å². The summed E-state index contributed by atoms with van der Waals surface area (Å²) in [6.45, 7) is 3.37. The first-order valence-corrected chi connectivity index (χ1v) is 7.22. The van der Waals surface area contributed by atoms with E-state index in [1.165, 1.54) is 18.4 Å². The Morgan fingerprint density at radius 3 is 2.58 bits per heavy atom. The van der Waals surface area contributed by atoms with E-state index >= 15 is 0 Å². The predicted octanol–water partition coefficient (Wildman–Crippen LogP) is 2.16. The van der Waals surface area contributed by atoms with E-state index < -0.39 is 0 Å². The van der Waals surface area contributed by atoms with Crippen LogP contribution in [-0.2, 0) is 17.6 Å². The maximum absolute atomic E-state index is 12.0. The maximum Gasteiger partial charge on any atom is 0.227 e. The number of β-amino-alcohol motifs (C(OH)–C–C–N with tert-alkyl or cyclic N) is 1. The van der Waals surface area contributed by atoms with Crippen LogP contribution >= 0.6 is 0 Å². The molecule has 0 radical (unpaired) electrons. The second-order valence-corrected chi connectivity index (χ2v) is 5.38. The zero-order chi connectivity index (χ0) is 13.7. The molecule has 1 aromatic carbocycles. The molecule has 0 aliphatic carbocycles. The molecular formula is C16H23NO2. The van der Waals surface area contributed by atoms with Gasteiger partial charge in [-0.3, -0.25) is 4.79 Å². The smallest absolute Gasteiger partial charge is 0.227 e. The van der Waals surface area contributed by atoms with Crippen LogP contribution in [0.25, 0.3) is 0 Å². The van der Waals surface area contributed by atoms with E-state index in [9.17, 15) is 9.90 Å². The Morgan fingerprint density at radius 1 is 1.32 bits per heavy atom. The number of benzene rings is 1. The maximum atomic E-state index is 12.0. The fourth-order valence-corrected chi connectivity index (χ4v) is 2.46. The normalized spacial score (nSPS) is 18.8. The SMILES string of the molecule is CCCCc1ccc(CC(=O)N2CCC(O)C2)cc1. The topological polar surface area (TPSA) is 40.5 Å². The molecule has 0 spiro atoms. The van der Waals surface area contributed by atoms with E-state index in [0.29, 0.717) is 25.9 Å². The van der Waals surface area contributed by atoms with Crippen LogP contribution in [-0.4, -0.2) is 35.1 Å². The van der Waals surface area contributed by atoms with E-state index in [4.69, 9.17) is 0 Å². The molecule has 1 heterocycles. The molecule has 1 N–H and O–H groups in total. The van der Waals surface area contributed by atoms with E-state index in [1.54, 1.807) is 4.90 Å². The molecule has 19 heavy (non-hydrogen) atoms. The summed E-state index contributed by atoms with van der Waals surface area (Å²) in [4.78, 5) is 13.8. The van der Waals surface area contributed by atoms with Gasteiger partial charge in [0.2, 0.25) is 5.91 Å². The van der Waals surface area contributed by atoms with Crippen LogP contribution in [0.3, 0.4) is 0 Å². The number of aliphatic hydroxyl groups is 1. The molecule has 3 nitrogen and oxygen atoms in total. The first-order chi connectivity index (χ1) is 9.19. The summed E-state index contributed by atoms with van der Waals surface area (Å²) in [5.74, 6) is 0.123. The van der Waals surface area contributed by atoms with Crippen molar-refractivity contribution in [1.82, 2.24) is 4.90 Å². The van der Waals surface area contributed by atoms with Gasteiger partial charge < -0.3 is 10.0 Å². The molecule has 1 amide bonds. The Hall–Kier alpha value is -1.35. The highest BCUT2D eigenvalue weighted by molar-refractivity contribution is 5.79. The number of rotatable bonds is 5. The number of amides is 1. The Kier molecular flexibility index (Phi) is 4.97. The van der Waals surface area contributed by atoms with Crippen molar-refractivity contribution >= 4 is 5.91 Å². The molecule has 1 fully saturated rings. The Bertz CT molecular complexity index is 413. The summed E-state index contributed by atoms with van der Waals surface area (Å²) in [7, 11) is 0. The molecule has 1 aliphatic heterocycles. The fraction of sp³-hybridized carbons (Fsp3) is 0.562. The third kappa shape index (κ3) is 4.06. The number of unbranched alkanes of at least 4 members (excludes halogenated alkanes) is 1. The van der Waals surface area contributed by atoms with Gasteiger partial charge in [-0.1, -0.05) is 37.6 Å².